The lowest BCUT2D eigenvalue weighted by atomic mass is 10.2. The lowest BCUT2D eigenvalue weighted by Crippen LogP contribution is -1.96. The molecule has 0 amide bonds. The summed E-state index contributed by atoms with van der Waals surface area (Å²) in [6, 6.07) is 8.18. The van der Waals surface area contributed by atoms with E-state index in [1.165, 1.54) is 12.0 Å². The fourth-order valence-corrected chi connectivity index (χ4v) is 1.94. The predicted molar refractivity (Wildman–Crippen MR) is 60.6 cm³/mol. The zero-order valence-corrected chi connectivity index (χ0v) is 8.81. The third-order valence-electron chi connectivity index (χ3n) is 3.03. The maximum absolute atomic E-state index is 5.78. The van der Waals surface area contributed by atoms with Crippen LogP contribution in [0.15, 0.2) is 48.3 Å². The third-order valence-corrected chi connectivity index (χ3v) is 3.03. The molecule has 15 heavy (non-hydrogen) atoms. The molecular weight excluding hydrogens is 184 g/mol. The van der Waals surface area contributed by atoms with Crippen molar-refractivity contribution in [2.75, 3.05) is 0 Å². The van der Waals surface area contributed by atoms with Crippen LogP contribution in [0.5, 0.6) is 5.75 Å². The monoisotopic (exact) mass is 198 g/mol. The molecule has 1 aromatic rings. The van der Waals surface area contributed by atoms with Gasteiger partial charge in [-0.15, -0.1) is 0 Å². The number of allylic oxidation sites excluding steroid dienone is 3. The van der Waals surface area contributed by atoms with Crippen molar-refractivity contribution >= 4 is 0 Å². The molecule has 1 nitrogen and oxygen atoms in total. The van der Waals surface area contributed by atoms with Gasteiger partial charge in [0.25, 0.3) is 0 Å². The zero-order valence-electron chi connectivity index (χ0n) is 8.81. The SMILES string of the molecule is Cc1ccc(OC2=CC3CC3C=C2)cc1. The van der Waals surface area contributed by atoms with E-state index in [9.17, 15) is 0 Å². The summed E-state index contributed by atoms with van der Waals surface area (Å²) in [5.41, 5.74) is 1.26. The van der Waals surface area contributed by atoms with Crippen LogP contribution in [0, 0.1) is 18.8 Å². The predicted octanol–water partition coefficient (Wildman–Crippen LogP) is 3.46. The molecule has 0 N–H and O–H groups in total. The summed E-state index contributed by atoms with van der Waals surface area (Å²) >= 11 is 0. The molecule has 2 aliphatic carbocycles. The highest BCUT2D eigenvalue weighted by Crippen LogP contribution is 2.44. The van der Waals surface area contributed by atoms with Crippen LogP contribution in [-0.2, 0) is 0 Å². The summed E-state index contributed by atoms with van der Waals surface area (Å²) in [5.74, 6) is 3.47. The third kappa shape index (κ3) is 1.82. The van der Waals surface area contributed by atoms with Crippen molar-refractivity contribution in [2.45, 2.75) is 13.3 Å². The van der Waals surface area contributed by atoms with Gasteiger partial charge in [0.05, 0.1) is 0 Å². The van der Waals surface area contributed by atoms with Crippen molar-refractivity contribution in [1.29, 1.82) is 0 Å². The highest BCUT2D eigenvalue weighted by Gasteiger charge is 2.35. The summed E-state index contributed by atoms with van der Waals surface area (Å²) in [6.07, 6.45) is 7.89. The number of fused-ring (bicyclic) bond motifs is 1. The van der Waals surface area contributed by atoms with Crippen LogP contribution in [0.25, 0.3) is 0 Å². The zero-order chi connectivity index (χ0) is 10.3. The van der Waals surface area contributed by atoms with Gasteiger partial charge < -0.3 is 4.74 Å². The molecule has 1 saturated carbocycles. The first-order chi connectivity index (χ1) is 7.31. The van der Waals surface area contributed by atoms with Crippen molar-refractivity contribution in [1.82, 2.24) is 0 Å². The lowest BCUT2D eigenvalue weighted by molar-refractivity contribution is 0.438. The van der Waals surface area contributed by atoms with Gasteiger partial charge in [0.2, 0.25) is 0 Å². The average Bonchev–Trinajstić information content (AvgIpc) is 3.00. The Hall–Kier alpha value is -1.50. The van der Waals surface area contributed by atoms with Gasteiger partial charge in [-0.2, -0.15) is 0 Å². The topological polar surface area (TPSA) is 9.23 Å². The Balaban J connectivity index is 1.75. The Morgan fingerprint density at radius 1 is 1.13 bits per heavy atom. The number of hydrogen-bond donors (Lipinski definition) is 0. The fraction of sp³-hybridized carbons (Fsp3) is 0.286. The molecule has 0 radical (unpaired) electrons. The summed E-state index contributed by atoms with van der Waals surface area (Å²) in [7, 11) is 0. The van der Waals surface area contributed by atoms with Gasteiger partial charge in [-0.05, 0) is 49.5 Å². The van der Waals surface area contributed by atoms with Crippen LogP contribution in [0.3, 0.4) is 0 Å². The molecule has 0 aliphatic heterocycles. The highest BCUT2D eigenvalue weighted by molar-refractivity contribution is 5.33. The summed E-state index contributed by atoms with van der Waals surface area (Å²) in [4.78, 5) is 0. The van der Waals surface area contributed by atoms with E-state index in [4.69, 9.17) is 4.74 Å². The van der Waals surface area contributed by atoms with E-state index in [1.54, 1.807) is 0 Å². The van der Waals surface area contributed by atoms with E-state index in [0.717, 1.165) is 23.3 Å². The Bertz CT molecular complexity index is 425. The van der Waals surface area contributed by atoms with Crippen LogP contribution in [0.2, 0.25) is 0 Å². The second-order valence-corrected chi connectivity index (χ2v) is 4.41. The fourth-order valence-electron chi connectivity index (χ4n) is 1.94. The summed E-state index contributed by atoms with van der Waals surface area (Å²) in [6.45, 7) is 2.08. The summed E-state index contributed by atoms with van der Waals surface area (Å²) < 4.78 is 5.78. The van der Waals surface area contributed by atoms with Gasteiger partial charge in [0, 0.05) is 0 Å². The molecular formula is C14H14O. The van der Waals surface area contributed by atoms with Crippen molar-refractivity contribution < 1.29 is 4.74 Å². The molecule has 0 heterocycles. The normalized spacial score (nSPS) is 26.9. The van der Waals surface area contributed by atoms with Gasteiger partial charge in [0.1, 0.15) is 11.5 Å². The number of aryl methyl sites for hydroxylation is 1. The molecule has 76 valence electrons. The molecule has 1 fully saturated rings. The Morgan fingerprint density at radius 2 is 1.93 bits per heavy atom. The molecule has 1 heteroatoms. The van der Waals surface area contributed by atoms with E-state index in [-0.39, 0.29) is 0 Å². The molecule has 2 unspecified atom stereocenters. The minimum absolute atomic E-state index is 0.746. The Morgan fingerprint density at radius 3 is 2.67 bits per heavy atom. The smallest absolute Gasteiger partial charge is 0.127 e. The van der Waals surface area contributed by atoms with Crippen molar-refractivity contribution in [2.24, 2.45) is 11.8 Å². The second-order valence-electron chi connectivity index (χ2n) is 4.41. The van der Waals surface area contributed by atoms with Gasteiger partial charge in [-0.1, -0.05) is 23.8 Å². The van der Waals surface area contributed by atoms with Crippen molar-refractivity contribution in [3.8, 4) is 5.75 Å². The van der Waals surface area contributed by atoms with Gasteiger partial charge >= 0.3 is 0 Å². The van der Waals surface area contributed by atoms with Crippen molar-refractivity contribution in [3.05, 3.63) is 53.8 Å². The van der Waals surface area contributed by atoms with Gasteiger partial charge in [0.15, 0.2) is 0 Å². The van der Waals surface area contributed by atoms with E-state index in [1.807, 2.05) is 12.1 Å². The lowest BCUT2D eigenvalue weighted by Gasteiger charge is -2.09. The standard InChI is InChI=1S/C14H14O/c1-10-2-5-13(6-3-10)15-14-7-4-11-8-12(11)9-14/h2-7,9,11-12H,8H2,1H3. The molecule has 0 spiro atoms. The van der Waals surface area contributed by atoms with E-state index in [2.05, 4.69) is 37.3 Å². The molecule has 2 aliphatic rings. The van der Waals surface area contributed by atoms with Crippen LogP contribution in [0.1, 0.15) is 12.0 Å². The Kier molecular flexibility index (Phi) is 1.91. The number of rotatable bonds is 2. The first-order valence-electron chi connectivity index (χ1n) is 5.46. The first-order valence-corrected chi connectivity index (χ1v) is 5.46. The van der Waals surface area contributed by atoms with E-state index in [0.29, 0.717) is 0 Å². The number of hydrogen-bond acceptors (Lipinski definition) is 1. The molecule has 0 saturated heterocycles. The maximum atomic E-state index is 5.78. The minimum Gasteiger partial charge on any atom is -0.458 e. The average molecular weight is 198 g/mol. The molecule has 0 bridgehead atoms. The van der Waals surface area contributed by atoms with Crippen molar-refractivity contribution in [3.63, 3.8) is 0 Å². The van der Waals surface area contributed by atoms with Crippen LogP contribution < -0.4 is 4.74 Å². The largest absolute Gasteiger partial charge is 0.458 e. The molecule has 2 atom stereocenters. The van der Waals surface area contributed by atoms with Gasteiger partial charge in [-0.25, -0.2) is 0 Å². The molecule has 1 aromatic carbocycles. The quantitative estimate of drug-likeness (QED) is 0.707. The maximum Gasteiger partial charge on any atom is 0.127 e. The highest BCUT2D eigenvalue weighted by atomic mass is 16.5. The Labute approximate surface area is 90.1 Å². The van der Waals surface area contributed by atoms with Crippen LogP contribution in [0.4, 0.5) is 0 Å². The number of benzene rings is 1. The number of ether oxygens (including phenoxy) is 1. The molecule has 0 aromatic heterocycles. The summed E-state index contributed by atoms with van der Waals surface area (Å²) in [5, 5.41) is 0. The van der Waals surface area contributed by atoms with Gasteiger partial charge in [-0.3, -0.25) is 0 Å². The molecule has 3 rings (SSSR count). The second kappa shape index (κ2) is 3.27. The van der Waals surface area contributed by atoms with Crippen LogP contribution in [-0.4, -0.2) is 0 Å². The van der Waals surface area contributed by atoms with E-state index < -0.39 is 0 Å². The first kappa shape index (κ1) is 8.78. The minimum atomic E-state index is 0.746. The van der Waals surface area contributed by atoms with E-state index >= 15 is 0 Å². The van der Waals surface area contributed by atoms with Crippen LogP contribution >= 0.6 is 0 Å².